The standard InChI is InChI=1S/C18H26N2O3/c1-13(17(23-2)16-9-6-10-19-16)18(22)20-15(12-21)11-14-7-4-3-5-8-14/h3-5,7-8,12-13,15-17,19H,6,9-11H2,1-2H3,(H,20,22). The van der Waals surface area contributed by atoms with Crippen LogP contribution in [0.2, 0.25) is 0 Å². The lowest BCUT2D eigenvalue weighted by atomic mass is 9.95. The molecule has 4 unspecified atom stereocenters. The Kier molecular flexibility index (Phi) is 6.74. The van der Waals surface area contributed by atoms with E-state index in [2.05, 4.69) is 10.6 Å². The molecular formula is C18H26N2O3. The molecule has 5 heteroatoms. The topological polar surface area (TPSA) is 67.4 Å². The second-order valence-electron chi connectivity index (χ2n) is 6.13. The molecule has 1 heterocycles. The highest BCUT2D eigenvalue weighted by atomic mass is 16.5. The van der Waals surface area contributed by atoms with E-state index in [1.165, 1.54) is 0 Å². The average Bonchev–Trinajstić information content (AvgIpc) is 3.10. The van der Waals surface area contributed by atoms with E-state index in [0.29, 0.717) is 6.42 Å². The van der Waals surface area contributed by atoms with Crippen LogP contribution in [-0.2, 0) is 20.7 Å². The zero-order chi connectivity index (χ0) is 16.7. The summed E-state index contributed by atoms with van der Waals surface area (Å²) in [4.78, 5) is 23.8. The minimum absolute atomic E-state index is 0.140. The fourth-order valence-electron chi connectivity index (χ4n) is 3.17. The van der Waals surface area contributed by atoms with Crippen molar-refractivity contribution >= 4 is 12.2 Å². The lowest BCUT2D eigenvalue weighted by Gasteiger charge is -2.28. The van der Waals surface area contributed by atoms with Gasteiger partial charge >= 0.3 is 0 Å². The van der Waals surface area contributed by atoms with E-state index in [4.69, 9.17) is 4.74 Å². The number of carbonyl (C=O) groups is 2. The second kappa shape index (κ2) is 8.79. The lowest BCUT2D eigenvalue weighted by molar-refractivity contribution is -0.131. The fraction of sp³-hybridized carbons (Fsp3) is 0.556. The van der Waals surface area contributed by atoms with Crippen LogP contribution in [0, 0.1) is 5.92 Å². The molecule has 1 amide bonds. The number of ether oxygens (including phenoxy) is 1. The van der Waals surface area contributed by atoms with Crippen molar-refractivity contribution < 1.29 is 14.3 Å². The number of hydrogen-bond acceptors (Lipinski definition) is 4. The lowest BCUT2D eigenvalue weighted by Crippen LogP contribution is -2.49. The third-order valence-electron chi connectivity index (χ3n) is 4.46. The fourth-order valence-corrected chi connectivity index (χ4v) is 3.17. The predicted molar refractivity (Wildman–Crippen MR) is 89.1 cm³/mol. The van der Waals surface area contributed by atoms with E-state index in [1.54, 1.807) is 7.11 Å². The van der Waals surface area contributed by atoms with Crippen molar-refractivity contribution in [2.45, 2.75) is 44.4 Å². The highest BCUT2D eigenvalue weighted by molar-refractivity contribution is 5.82. The molecular weight excluding hydrogens is 292 g/mol. The number of aldehydes is 1. The van der Waals surface area contributed by atoms with Crippen molar-refractivity contribution in [2.24, 2.45) is 5.92 Å². The summed E-state index contributed by atoms with van der Waals surface area (Å²) < 4.78 is 5.54. The van der Waals surface area contributed by atoms with Crippen LogP contribution in [0.25, 0.3) is 0 Å². The Bertz CT molecular complexity index is 500. The van der Waals surface area contributed by atoms with Gasteiger partial charge in [0.05, 0.1) is 18.1 Å². The SMILES string of the molecule is COC(C1CCCN1)C(C)C(=O)NC(C=O)Cc1ccccc1. The van der Waals surface area contributed by atoms with Gasteiger partial charge in [0, 0.05) is 13.2 Å². The van der Waals surface area contributed by atoms with Gasteiger partial charge in [0.2, 0.25) is 5.91 Å². The Hall–Kier alpha value is -1.72. The van der Waals surface area contributed by atoms with Crippen molar-refractivity contribution in [3.05, 3.63) is 35.9 Å². The van der Waals surface area contributed by atoms with Gasteiger partial charge in [0.15, 0.2) is 0 Å². The molecule has 1 saturated heterocycles. The molecule has 4 atom stereocenters. The number of benzene rings is 1. The normalized spacial score (nSPS) is 21.4. The Labute approximate surface area is 137 Å². The number of methoxy groups -OCH3 is 1. The van der Waals surface area contributed by atoms with E-state index >= 15 is 0 Å². The minimum atomic E-state index is -0.513. The molecule has 2 rings (SSSR count). The van der Waals surface area contributed by atoms with Gasteiger partial charge in [-0.25, -0.2) is 0 Å². The largest absolute Gasteiger partial charge is 0.379 e. The van der Waals surface area contributed by atoms with Crippen LogP contribution in [0.5, 0.6) is 0 Å². The number of carbonyl (C=O) groups excluding carboxylic acids is 2. The average molecular weight is 318 g/mol. The molecule has 1 aromatic rings. The zero-order valence-corrected chi connectivity index (χ0v) is 13.8. The maximum Gasteiger partial charge on any atom is 0.226 e. The zero-order valence-electron chi connectivity index (χ0n) is 13.8. The van der Waals surface area contributed by atoms with Gasteiger partial charge in [-0.2, -0.15) is 0 Å². The second-order valence-corrected chi connectivity index (χ2v) is 6.13. The molecule has 1 aliphatic rings. The molecule has 1 aromatic carbocycles. The Balaban J connectivity index is 1.93. The summed E-state index contributed by atoms with van der Waals surface area (Å²) in [6, 6.07) is 9.37. The molecule has 23 heavy (non-hydrogen) atoms. The van der Waals surface area contributed by atoms with Crippen LogP contribution >= 0.6 is 0 Å². The van der Waals surface area contributed by atoms with E-state index < -0.39 is 6.04 Å². The van der Waals surface area contributed by atoms with E-state index in [9.17, 15) is 9.59 Å². The van der Waals surface area contributed by atoms with Gasteiger partial charge in [-0.15, -0.1) is 0 Å². The first-order valence-corrected chi connectivity index (χ1v) is 8.21. The molecule has 2 N–H and O–H groups in total. The molecule has 0 bridgehead atoms. The molecule has 5 nitrogen and oxygen atoms in total. The van der Waals surface area contributed by atoms with E-state index in [1.807, 2.05) is 37.3 Å². The monoisotopic (exact) mass is 318 g/mol. The highest BCUT2D eigenvalue weighted by Crippen LogP contribution is 2.19. The smallest absolute Gasteiger partial charge is 0.226 e. The van der Waals surface area contributed by atoms with Crippen molar-refractivity contribution in [3.63, 3.8) is 0 Å². The first kappa shape index (κ1) is 17.6. The number of amides is 1. The summed E-state index contributed by atoms with van der Waals surface area (Å²) in [6.45, 7) is 2.82. The summed E-state index contributed by atoms with van der Waals surface area (Å²) in [7, 11) is 1.63. The van der Waals surface area contributed by atoms with Crippen LogP contribution in [0.4, 0.5) is 0 Å². The summed E-state index contributed by atoms with van der Waals surface area (Å²) in [5.41, 5.74) is 1.03. The molecule has 0 aliphatic carbocycles. The van der Waals surface area contributed by atoms with Crippen LogP contribution in [-0.4, -0.2) is 44.0 Å². The summed E-state index contributed by atoms with van der Waals surface area (Å²) in [5, 5.41) is 6.21. The number of hydrogen-bond donors (Lipinski definition) is 2. The van der Waals surface area contributed by atoms with Gasteiger partial charge in [0.1, 0.15) is 6.29 Å². The van der Waals surface area contributed by atoms with Crippen LogP contribution in [0.1, 0.15) is 25.3 Å². The first-order valence-electron chi connectivity index (χ1n) is 8.21. The first-order chi connectivity index (χ1) is 11.2. The van der Waals surface area contributed by atoms with Gasteiger partial charge in [-0.05, 0) is 31.4 Å². The molecule has 0 saturated carbocycles. The molecule has 126 valence electrons. The van der Waals surface area contributed by atoms with Crippen molar-refractivity contribution in [3.8, 4) is 0 Å². The van der Waals surface area contributed by atoms with Gasteiger partial charge in [-0.1, -0.05) is 37.3 Å². The van der Waals surface area contributed by atoms with E-state index in [0.717, 1.165) is 31.2 Å². The van der Waals surface area contributed by atoms with Crippen molar-refractivity contribution in [2.75, 3.05) is 13.7 Å². The number of nitrogens with one attached hydrogen (secondary N) is 2. The molecule has 1 aliphatic heterocycles. The Morgan fingerprint density at radius 2 is 2.17 bits per heavy atom. The van der Waals surface area contributed by atoms with Crippen molar-refractivity contribution in [1.82, 2.24) is 10.6 Å². The van der Waals surface area contributed by atoms with Crippen LogP contribution < -0.4 is 10.6 Å². The number of rotatable bonds is 8. The third-order valence-corrected chi connectivity index (χ3v) is 4.46. The molecule has 1 fully saturated rings. The quantitative estimate of drug-likeness (QED) is 0.709. The van der Waals surface area contributed by atoms with Crippen LogP contribution in [0.3, 0.4) is 0 Å². The third kappa shape index (κ3) is 4.88. The van der Waals surface area contributed by atoms with E-state index in [-0.39, 0.29) is 24.0 Å². The highest BCUT2D eigenvalue weighted by Gasteiger charge is 2.33. The summed E-state index contributed by atoms with van der Waals surface area (Å²) in [5.74, 6) is -0.451. The maximum atomic E-state index is 12.5. The van der Waals surface area contributed by atoms with Gasteiger partial charge in [-0.3, -0.25) is 4.79 Å². The van der Waals surface area contributed by atoms with Gasteiger partial charge in [0.25, 0.3) is 0 Å². The molecule has 0 aromatic heterocycles. The van der Waals surface area contributed by atoms with Crippen LogP contribution in [0.15, 0.2) is 30.3 Å². The summed E-state index contributed by atoms with van der Waals surface area (Å²) in [6.07, 6.45) is 3.23. The summed E-state index contributed by atoms with van der Waals surface area (Å²) >= 11 is 0. The molecule has 0 radical (unpaired) electrons. The van der Waals surface area contributed by atoms with Crippen molar-refractivity contribution in [1.29, 1.82) is 0 Å². The van der Waals surface area contributed by atoms with Gasteiger partial charge < -0.3 is 20.2 Å². The molecule has 0 spiro atoms. The predicted octanol–water partition coefficient (Wildman–Crippen LogP) is 1.32. The minimum Gasteiger partial charge on any atom is -0.379 e. The maximum absolute atomic E-state index is 12.5. The Morgan fingerprint density at radius 3 is 2.74 bits per heavy atom. The Morgan fingerprint density at radius 1 is 1.43 bits per heavy atom.